The summed E-state index contributed by atoms with van der Waals surface area (Å²) >= 11 is 0. The lowest BCUT2D eigenvalue weighted by atomic mass is 10.1. The fourth-order valence-electron chi connectivity index (χ4n) is 2.57. The summed E-state index contributed by atoms with van der Waals surface area (Å²) < 4.78 is 35.0. The molecule has 2 N–H and O–H groups in total. The Morgan fingerprint density at radius 2 is 2.00 bits per heavy atom. The zero-order valence-corrected chi connectivity index (χ0v) is 12.9. The van der Waals surface area contributed by atoms with Gasteiger partial charge in [-0.2, -0.15) is 8.78 Å². The van der Waals surface area contributed by atoms with Crippen LogP contribution in [0.2, 0.25) is 0 Å². The number of nitrogens with two attached hydrogens (primary N) is 1. The van der Waals surface area contributed by atoms with E-state index in [1.807, 2.05) is 0 Å². The number of benzene rings is 1. The zero-order valence-electron chi connectivity index (χ0n) is 12.9. The fraction of sp³-hybridized carbons (Fsp3) is 0.562. The van der Waals surface area contributed by atoms with Gasteiger partial charge in [0.05, 0.1) is 11.7 Å². The molecule has 2 rings (SSSR count). The predicted molar refractivity (Wildman–Crippen MR) is 81.6 cm³/mol. The van der Waals surface area contributed by atoms with Crippen LogP contribution in [0, 0.1) is 0 Å². The van der Waals surface area contributed by atoms with E-state index in [0.29, 0.717) is 26.2 Å². The van der Waals surface area contributed by atoms with Gasteiger partial charge in [-0.05, 0) is 37.9 Å². The van der Waals surface area contributed by atoms with Gasteiger partial charge in [0.25, 0.3) is 5.91 Å². The van der Waals surface area contributed by atoms with Crippen molar-refractivity contribution in [2.75, 3.05) is 26.2 Å². The molecule has 7 heteroatoms. The van der Waals surface area contributed by atoms with E-state index < -0.39 is 6.61 Å². The Balaban J connectivity index is 1.92. The average molecular weight is 328 g/mol. The summed E-state index contributed by atoms with van der Waals surface area (Å²) in [7, 11) is 0. The van der Waals surface area contributed by atoms with Gasteiger partial charge in [0.2, 0.25) is 0 Å². The summed E-state index contributed by atoms with van der Waals surface area (Å²) in [5.74, 6) is -0.379. The first-order valence-electron chi connectivity index (χ1n) is 7.76. The smallest absolute Gasteiger partial charge is 0.387 e. The van der Waals surface area contributed by atoms with Crippen LogP contribution in [-0.4, -0.2) is 49.8 Å². The summed E-state index contributed by atoms with van der Waals surface area (Å²) in [6.45, 7) is -0.659. The number of para-hydroxylation sites is 1. The van der Waals surface area contributed by atoms with E-state index >= 15 is 0 Å². The van der Waals surface area contributed by atoms with Gasteiger partial charge in [-0.3, -0.25) is 4.79 Å². The first-order valence-corrected chi connectivity index (χ1v) is 7.76. The molecule has 1 amide bonds. The SMILES string of the molecule is NCCCOC1CCN(C(=O)c2ccccc2OC(F)F)CC1. The van der Waals surface area contributed by atoms with Crippen molar-refractivity contribution in [3.63, 3.8) is 0 Å². The second kappa shape index (κ2) is 8.79. The maximum absolute atomic E-state index is 12.5. The topological polar surface area (TPSA) is 64.8 Å². The largest absolute Gasteiger partial charge is 0.434 e. The molecule has 0 aliphatic carbocycles. The van der Waals surface area contributed by atoms with E-state index in [0.717, 1.165) is 19.3 Å². The minimum absolute atomic E-state index is 0.0891. The van der Waals surface area contributed by atoms with Gasteiger partial charge in [0.1, 0.15) is 5.75 Å². The van der Waals surface area contributed by atoms with E-state index in [9.17, 15) is 13.6 Å². The number of carbonyl (C=O) groups excluding carboxylic acids is 1. The van der Waals surface area contributed by atoms with Crippen molar-refractivity contribution in [3.05, 3.63) is 29.8 Å². The van der Waals surface area contributed by atoms with E-state index in [1.165, 1.54) is 12.1 Å². The molecule has 23 heavy (non-hydrogen) atoms. The molecule has 1 aromatic carbocycles. The minimum Gasteiger partial charge on any atom is -0.434 e. The number of halogens is 2. The van der Waals surface area contributed by atoms with E-state index in [4.69, 9.17) is 10.5 Å². The lowest BCUT2D eigenvalue weighted by molar-refractivity contribution is -0.0503. The van der Waals surface area contributed by atoms with Gasteiger partial charge < -0.3 is 20.1 Å². The molecule has 1 aliphatic rings. The van der Waals surface area contributed by atoms with Crippen molar-refractivity contribution < 1.29 is 23.0 Å². The van der Waals surface area contributed by atoms with Gasteiger partial charge >= 0.3 is 6.61 Å². The molecule has 1 aliphatic heterocycles. The Bertz CT molecular complexity index is 506. The molecule has 128 valence electrons. The number of hydrogen-bond acceptors (Lipinski definition) is 4. The van der Waals surface area contributed by atoms with Crippen LogP contribution in [-0.2, 0) is 4.74 Å². The van der Waals surface area contributed by atoms with Crippen LogP contribution in [0.5, 0.6) is 5.75 Å². The standard InChI is InChI=1S/C16H22F2N2O3/c17-16(18)23-14-5-2-1-4-13(14)15(21)20-9-6-12(7-10-20)22-11-3-8-19/h1-2,4-5,12,16H,3,6-11,19H2. The number of likely N-dealkylation sites (tertiary alicyclic amines) is 1. The van der Waals surface area contributed by atoms with Gasteiger partial charge in [0.15, 0.2) is 0 Å². The number of carbonyl (C=O) groups is 1. The van der Waals surface area contributed by atoms with Crippen LogP contribution in [0.1, 0.15) is 29.6 Å². The Kier molecular flexibility index (Phi) is 6.73. The van der Waals surface area contributed by atoms with Crippen molar-refractivity contribution in [1.82, 2.24) is 4.90 Å². The monoisotopic (exact) mass is 328 g/mol. The second-order valence-electron chi connectivity index (χ2n) is 5.38. The molecule has 0 saturated carbocycles. The van der Waals surface area contributed by atoms with Crippen molar-refractivity contribution >= 4 is 5.91 Å². The van der Waals surface area contributed by atoms with Crippen LogP contribution in [0.25, 0.3) is 0 Å². The Morgan fingerprint density at radius 1 is 1.30 bits per heavy atom. The number of amides is 1. The van der Waals surface area contributed by atoms with E-state index in [2.05, 4.69) is 4.74 Å². The maximum atomic E-state index is 12.5. The summed E-state index contributed by atoms with van der Waals surface area (Å²) in [5.41, 5.74) is 5.58. The predicted octanol–water partition coefficient (Wildman–Crippen LogP) is 2.26. The van der Waals surface area contributed by atoms with Gasteiger partial charge in [-0.1, -0.05) is 12.1 Å². The highest BCUT2D eigenvalue weighted by Crippen LogP contribution is 2.24. The number of hydrogen-bond donors (Lipinski definition) is 1. The molecule has 0 spiro atoms. The van der Waals surface area contributed by atoms with Crippen molar-refractivity contribution in [2.45, 2.75) is 32.0 Å². The Hall–Kier alpha value is -1.73. The third-order valence-corrected chi connectivity index (χ3v) is 3.76. The number of piperidine rings is 1. The summed E-state index contributed by atoms with van der Waals surface area (Å²) in [6.07, 6.45) is 2.40. The second-order valence-corrected chi connectivity index (χ2v) is 5.38. The van der Waals surface area contributed by atoms with Gasteiger partial charge in [0, 0.05) is 19.7 Å². The molecule has 0 radical (unpaired) electrons. The normalized spacial score (nSPS) is 15.9. The van der Waals surface area contributed by atoms with Gasteiger partial charge in [-0.15, -0.1) is 0 Å². The molecule has 5 nitrogen and oxygen atoms in total. The molecular weight excluding hydrogens is 306 g/mol. The Labute approximate surface area is 134 Å². The van der Waals surface area contributed by atoms with Crippen LogP contribution < -0.4 is 10.5 Å². The minimum atomic E-state index is -2.95. The molecule has 1 saturated heterocycles. The van der Waals surface area contributed by atoms with Crippen molar-refractivity contribution in [1.29, 1.82) is 0 Å². The van der Waals surface area contributed by atoms with Crippen LogP contribution >= 0.6 is 0 Å². The molecule has 0 bridgehead atoms. The van der Waals surface area contributed by atoms with Crippen LogP contribution in [0.15, 0.2) is 24.3 Å². The highest BCUT2D eigenvalue weighted by Gasteiger charge is 2.26. The molecule has 0 aromatic heterocycles. The van der Waals surface area contributed by atoms with E-state index in [-0.39, 0.29) is 23.3 Å². The van der Waals surface area contributed by atoms with Crippen LogP contribution in [0.4, 0.5) is 8.78 Å². The quantitative estimate of drug-likeness (QED) is 0.780. The molecule has 1 aromatic rings. The highest BCUT2D eigenvalue weighted by atomic mass is 19.3. The summed E-state index contributed by atoms with van der Waals surface area (Å²) in [4.78, 5) is 14.2. The molecule has 1 fully saturated rings. The van der Waals surface area contributed by atoms with E-state index in [1.54, 1.807) is 17.0 Å². The van der Waals surface area contributed by atoms with Crippen molar-refractivity contribution in [2.24, 2.45) is 5.73 Å². The third kappa shape index (κ3) is 5.14. The van der Waals surface area contributed by atoms with Crippen LogP contribution in [0.3, 0.4) is 0 Å². The lowest BCUT2D eigenvalue weighted by Gasteiger charge is -2.32. The number of ether oxygens (including phenoxy) is 2. The molecule has 1 heterocycles. The number of nitrogens with zero attached hydrogens (tertiary/aromatic N) is 1. The zero-order chi connectivity index (χ0) is 16.7. The first kappa shape index (κ1) is 17.6. The highest BCUT2D eigenvalue weighted by molar-refractivity contribution is 5.97. The van der Waals surface area contributed by atoms with Gasteiger partial charge in [-0.25, -0.2) is 0 Å². The molecule has 0 unspecified atom stereocenters. The number of rotatable bonds is 7. The summed E-state index contributed by atoms with van der Waals surface area (Å²) in [5, 5.41) is 0. The lowest BCUT2D eigenvalue weighted by Crippen LogP contribution is -2.41. The average Bonchev–Trinajstić information content (AvgIpc) is 2.55. The summed E-state index contributed by atoms with van der Waals surface area (Å²) in [6, 6.07) is 6.08. The maximum Gasteiger partial charge on any atom is 0.387 e. The first-order chi connectivity index (χ1) is 11.1. The number of alkyl halides is 2. The fourth-order valence-corrected chi connectivity index (χ4v) is 2.57. The van der Waals surface area contributed by atoms with Crippen molar-refractivity contribution in [3.8, 4) is 5.75 Å². The third-order valence-electron chi connectivity index (χ3n) is 3.76. The Morgan fingerprint density at radius 3 is 2.65 bits per heavy atom. The molecular formula is C16H22F2N2O3. The molecule has 0 atom stereocenters.